The van der Waals surface area contributed by atoms with Crippen LogP contribution in [0.4, 0.5) is 4.39 Å². The molecule has 186 valence electrons. The molecule has 1 unspecified atom stereocenters. The number of fused-ring (bicyclic) bond motifs is 1. The van der Waals surface area contributed by atoms with Crippen molar-refractivity contribution in [3.8, 4) is 0 Å². The molecule has 0 saturated carbocycles. The zero-order valence-corrected chi connectivity index (χ0v) is 22.4. The SMILES string of the molecule is CC(C)CN(CC(=O)N1CCc2sccc2C1c1ccc(Cl)cc1Cl)S(=O)(=O)c1ccc(F)cc1. The van der Waals surface area contributed by atoms with Gasteiger partial charge in [-0.3, -0.25) is 4.79 Å². The highest BCUT2D eigenvalue weighted by Gasteiger charge is 2.36. The van der Waals surface area contributed by atoms with Crippen molar-refractivity contribution in [2.45, 2.75) is 31.2 Å². The number of benzene rings is 2. The highest BCUT2D eigenvalue weighted by molar-refractivity contribution is 7.89. The molecule has 1 aliphatic rings. The van der Waals surface area contributed by atoms with Crippen molar-refractivity contribution < 1.29 is 17.6 Å². The fourth-order valence-electron chi connectivity index (χ4n) is 4.30. The number of hydrogen-bond donors (Lipinski definition) is 0. The summed E-state index contributed by atoms with van der Waals surface area (Å²) in [6, 6.07) is 11.4. The molecule has 35 heavy (non-hydrogen) atoms. The predicted octanol–water partition coefficient (Wildman–Crippen LogP) is 6.02. The van der Waals surface area contributed by atoms with E-state index in [9.17, 15) is 17.6 Å². The lowest BCUT2D eigenvalue weighted by atomic mass is 9.93. The second kappa shape index (κ2) is 10.6. The minimum atomic E-state index is -4.01. The van der Waals surface area contributed by atoms with Gasteiger partial charge in [-0.15, -0.1) is 11.3 Å². The lowest BCUT2D eigenvalue weighted by Gasteiger charge is -2.38. The van der Waals surface area contributed by atoms with Gasteiger partial charge in [-0.2, -0.15) is 4.31 Å². The molecule has 0 spiro atoms. The molecule has 1 atom stereocenters. The number of carbonyl (C=O) groups is 1. The van der Waals surface area contributed by atoms with Crippen LogP contribution < -0.4 is 0 Å². The maximum atomic E-state index is 13.7. The van der Waals surface area contributed by atoms with Gasteiger partial charge in [0, 0.05) is 28.0 Å². The van der Waals surface area contributed by atoms with Crippen LogP contribution in [-0.2, 0) is 21.2 Å². The summed E-state index contributed by atoms with van der Waals surface area (Å²) in [6.07, 6.45) is 0.676. The third-order valence-electron chi connectivity index (χ3n) is 5.88. The number of hydrogen-bond acceptors (Lipinski definition) is 4. The smallest absolute Gasteiger partial charge is 0.243 e. The van der Waals surface area contributed by atoms with Crippen LogP contribution in [0.3, 0.4) is 0 Å². The maximum Gasteiger partial charge on any atom is 0.243 e. The molecule has 0 radical (unpaired) electrons. The van der Waals surface area contributed by atoms with Crippen LogP contribution in [0.15, 0.2) is 58.8 Å². The number of rotatable bonds is 7. The molecular weight excluding hydrogens is 530 g/mol. The highest BCUT2D eigenvalue weighted by Crippen LogP contribution is 2.41. The van der Waals surface area contributed by atoms with Gasteiger partial charge in [-0.25, -0.2) is 12.8 Å². The van der Waals surface area contributed by atoms with Crippen LogP contribution >= 0.6 is 34.5 Å². The van der Waals surface area contributed by atoms with Crippen LogP contribution in [0.1, 0.15) is 35.9 Å². The van der Waals surface area contributed by atoms with Crippen molar-refractivity contribution in [2.75, 3.05) is 19.6 Å². The first kappa shape index (κ1) is 26.1. The first-order chi connectivity index (χ1) is 16.6. The molecule has 0 saturated heterocycles. The summed E-state index contributed by atoms with van der Waals surface area (Å²) in [6.45, 7) is 4.01. The molecular formula is C25H25Cl2FN2O3S2. The number of nitrogens with zero attached hydrogens (tertiary/aromatic N) is 2. The minimum Gasteiger partial charge on any atom is -0.330 e. The van der Waals surface area contributed by atoms with E-state index in [1.165, 1.54) is 21.3 Å². The standard InChI is InChI=1S/C25H25Cl2FN2O3S2/c1-16(2)14-29(35(32,33)19-6-4-18(28)5-7-19)15-24(31)30-11-9-23-21(10-12-34-23)25(30)20-8-3-17(26)13-22(20)27/h3-8,10,12-13,16,25H,9,11,14-15H2,1-2H3. The van der Waals surface area contributed by atoms with Crippen LogP contribution in [0, 0.1) is 11.7 Å². The van der Waals surface area contributed by atoms with Crippen LogP contribution in [0.2, 0.25) is 10.0 Å². The highest BCUT2D eigenvalue weighted by atomic mass is 35.5. The van der Waals surface area contributed by atoms with Crippen LogP contribution in [0.25, 0.3) is 0 Å². The summed E-state index contributed by atoms with van der Waals surface area (Å²) < 4.78 is 41.4. The summed E-state index contributed by atoms with van der Waals surface area (Å²) in [5, 5.41) is 2.92. The normalized spacial score (nSPS) is 16.1. The summed E-state index contributed by atoms with van der Waals surface area (Å²) in [7, 11) is -4.01. The van der Waals surface area contributed by atoms with Crippen molar-refractivity contribution in [2.24, 2.45) is 5.92 Å². The monoisotopic (exact) mass is 554 g/mol. The Bertz CT molecular complexity index is 1330. The number of halogens is 3. The van der Waals surface area contributed by atoms with E-state index in [4.69, 9.17) is 23.2 Å². The molecule has 4 rings (SSSR count). The van der Waals surface area contributed by atoms with Gasteiger partial charge < -0.3 is 4.90 Å². The molecule has 1 amide bonds. The van der Waals surface area contributed by atoms with Gasteiger partial charge >= 0.3 is 0 Å². The van der Waals surface area contributed by atoms with E-state index in [2.05, 4.69) is 0 Å². The Balaban J connectivity index is 1.69. The maximum absolute atomic E-state index is 13.7. The van der Waals surface area contributed by atoms with Crippen molar-refractivity contribution >= 4 is 50.5 Å². The van der Waals surface area contributed by atoms with Crippen molar-refractivity contribution in [3.63, 3.8) is 0 Å². The first-order valence-corrected chi connectivity index (χ1v) is 14.2. The molecule has 10 heteroatoms. The number of carbonyl (C=O) groups excluding carboxylic acids is 1. The summed E-state index contributed by atoms with van der Waals surface area (Å²) in [5.41, 5.74) is 1.72. The second-order valence-electron chi connectivity index (χ2n) is 8.85. The van der Waals surface area contributed by atoms with Gasteiger partial charge in [-0.05, 0) is 71.3 Å². The fraction of sp³-hybridized carbons (Fsp3) is 0.320. The molecule has 1 aromatic heterocycles. The largest absolute Gasteiger partial charge is 0.330 e. The van der Waals surface area contributed by atoms with E-state index >= 15 is 0 Å². The second-order valence-corrected chi connectivity index (χ2v) is 12.6. The van der Waals surface area contributed by atoms with Crippen molar-refractivity contribution in [3.05, 3.63) is 85.8 Å². The van der Waals surface area contributed by atoms with E-state index < -0.39 is 21.9 Å². The Hall–Kier alpha value is -1.97. The molecule has 0 bridgehead atoms. The summed E-state index contributed by atoms with van der Waals surface area (Å²) in [4.78, 5) is 16.5. The Labute approximate surface area is 219 Å². The van der Waals surface area contributed by atoms with Crippen molar-refractivity contribution in [1.82, 2.24) is 9.21 Å². The zero-order valence-electron chi connectivity index (χ0n) is 19.2. The Kier molecular flexibility index (Phi) is 7.88. The van der Waals surface area contributed by atoms with E-state index in [0.717, 1.165) is 23.3 Å². The molecule has 2 heterocycles. The zero-order chi connectivity index (χ0) is 25.3. The fourth-order valence-corrected chi connectivity index (χ4v) is 7.26. The number of sulfonamides is 1. The van der Waals surface area contributed by atoms with Gasteiger partial charge in [0.05, 0.1) is 17.5 Å². The van der Waals surface area contributed by atoms with Crippen molar-refractivity contribution in [1.29, 1.82) is 0 Å². The van der Waals surface area contributed by atoms with Gasteiger partial charge in [0.2, 0.25) is 15.9 Å². The van der Waals surface area contributed by atoms with Gasteiger partial charge in [-0.1, -0.05) is 43.1 Å². The minimum absolute atomic E-state index is 0.0237. The van der Waals surface area contributed by atoms with E-state index in [-0.39, 0.29) is 29.8 Å². The Morgan fingerprint density at radius 2 is 1.86 bits per heavy atom. The topological polar surface area (TPSA) is 57.7 Å². The quantitative estimate of drug-likeness (QED) is 0.359. The molecule has 5 nitrogen and oxygen atoms in total. The van der Waals surface area contributed by atoms with E-state index in [1.807, 2.05) is 31.4 Å². The van der Waals surface area contributed by atoms with Gasteiger partial charge in [0.1, 0.15) is 5.82 Å². The van der Waals surface area contributed by atoms with Crippen LogP contribution in [0.5, 0.6) is 0 Å². The van der Waals surface area contributed by atoms with Gasteiger partial charge in [0.25, 0.3) is 0 Å². The molecule has 0 N–H and O–H groups in total. The molecule has 3 aromatic rings. The van der Waals surface area contributed by atoms with E-state index in [1.54, 1.807) is 28.4 Å². The van der Waals surface area contributed by atoms with Crippen LogP contribution in [-0.4, -0.2) is 43.2 Å². The molecule has 0 aliphatic carbocycles. The summed E-state index contributed by atoms with van der Waals surface area (Å²) in [5.74, 6) is -0.883. The Morgan fingerprint density at radius 1 is 1.14 bits per heavy atom. The third-order valence-corrected chi connectivity index (χ3v) is 9.26. The summed E-state index contributed by atoms with van der Waals surface area (Å²) >= 11 is 14.3. The molecule has 2 aromatic carbocycles. The average Bonchev–Trinajstić information content (AvgIpc) is 3.27. The predicted molar refractivity (Wildman–Crippen MR) is 138 cm³/mol. The average molecular weight is 556 g/mol. The van der Waals surface area contributed by atoms with Gasteiger partial charge in [0.15, 0.2) is 0 Å². The molecule has 1 aliphatic heterocycles. The molecule has 0 fully saturated rings. The third kappa shape index (κ3) is 5.57. The first-order valence-electron chi connectivity index (χ1n) is 11.1. The number of thiophene rings is 1. The Morgan fingerprint density at radius 3 is 2.51 bits per heavy atom. The lowest BCUT2D eigenvalue weighted by Crippen LogP contribution is -2.47. The van der Waals surface area contributed by atoms with E-state index in [0.29, 0.717) is 23.0 Å². The lowest BCUT2D eigenvalue weighted by molar-refractivity contribution is -0.133. The number of amides is 1.